The quantitative estimate of drug-likeness (QED) is 0.556. The van der Waals surface area contributed by atoms with Crippen molar-refractivity contribution >= 4 is 28.5 Å². The van der Waals surface area contributed by atoms with E-state index in [1.807, 2.05) is 0 Å². The molecule has 0 amide bonds. The molecule has 0 aliphatic heterocycles. The number of nitrogen functional groups attached to an aromatic ring is 1. The highest BCUT2D eigenvalue weighted by atomic mass is 19.2. The zero-order valence-corrected chi connectivity index (χ0v) is 9.95. The van der Waals surface area contributed by atoms with Crippen molar-refractivity contribution in [3.63, 3.8) is 0 Å². The van der Waals surface area contributed by atoms with Gasteiger partial charge in [-0.05, 0) is 12.1 Å². The molecule has 2 aromatic carbocycles. The van der Waals surface area contributed by atoms with Gasteiger partial charge in [-0.1, -0.05) is 6.07 Å². The standard InChI is InChI=1S/C13H8F3N3O/c14-6-4-8(16)10(5-7(6)15)18-13-19-12-9(17)2-1-3-11(12)20-13/h1-5H,17H2,(H,18,19). The molecule has 3 aromatic rings. The molecule has 0 saturated heterocycles. The fourth-order valence-electron chi connectivity index (χ4n) is 1.76. The molecule has 7 heteroatoms. The Hall–Kier alpha value is -2.70. The third kappa shape index (κ3) is 2.03. The van der Waals surface area contributed by atoms with Gasteiger partial charge in [0.2, 0.25) is 0 Å². The zero-order valence-electron chi connectivity index (χ0n) is 9.95. The smallest absolute Gasteiger partial charge is 0.300 e. The Kier molecular flexibility index (Phi) is 2.74. The van der Waals surface area contributed by atoms with E-state index in [-0.39, 0.29) is 11.7 Å². The maximum absolute atomic E-state index is 13.5. The summed E-state index contributed by atoms with van der Waals surface area (Å²) in [5, 5.41) is 2.44. The maximum atomic E-state index is 13.5. The fourth-order valence-corrected chi connectivity index (χ4v) is 1.76. The monoisotopic (exact) mass is 279 g/mol. The van der Waals surface area contributed by atoms with E-state index < -0.39 is 17.5 Å². The minimum Gasteiger partial charge on any atom is -0.423 e. The second-order valence-electron chi connectivity index (χ2n) is 4.08. The first-order chi connectivity index (χ1) is 9.54. The van der Waals surface area contributed by atoms with E-state index in [0.717, 1.165) is 0 Å². The number of anilines is 3. The average molecular weight is 279 g/mol. The topological polar surface area (TPSA) is 64.1 Å². The Bertz CT molecular complexity index is 801. The minimum atomic E-state index is -1.27. The molecule has 3 N–H and O–H groups in total. The lowest BCUT2D eigenvalue weighted by molar-refractivity contribution is 0.496. The first-order valence-corrected chi connectivity index (χ1v) is 5.61. The number of halogens is 3. The van der Waals surface area contributed by atoms with Gasteiger partial charge in [0.05, 0.1) is 11.4 Å². The fraction of sp³-hybridized carbons (Fsp3) is 0. The molecule has 102 valence electrons. The highest BCUT2D eigenvalue weighted by Crippen LogP contribution is 2.27. The molecule has 20 heavy (non-hydrogen) atoms. The highest BCUT2D eigenvalue weighted by Gasteiger charge is 2.13. The molecule has 0 bridgehead atoms. The second-order valence-corrected chi connectivity index (χ2v) is 4.08. The molecule has 0 saturated carbocycles. The summed E-state index contributed by atoms with van der Waals surface area (Å²) in [4.78, 5) is 4.02. The van der Waals surface area contributed by atoms with Crippen molar-refractivity contribution < 1.29 is 17.6 Å². The third-order valence-corrected chi connectivity index (χ3v) is 2.70. The van der Waals surface area contributed by atoms with Gasteiger partial charge in [-0.25, -0.2) is 13.2 Å². The lowest BCUT2D eigenvalue weighted by Crippen LogP contribution is -1.97. The van der Waals surface area contributed by atoms with Gasteiger partial charge in [-0.15, -0.1) is 0 Å². The minimum absolute atomic E-state index is 0.0668. The van der Waals surface area contributed by atoms with Crippen LogP contribution >= 0.6 is 0 Å². The Balaban J connectivity index is 2.01. The number of benzene rings is 2. The number of fused-ring (bicyclic) bond motifs is 1. The van der Waals surface area contributed by atoms with Crippen LogP contribution < -0.4 is 11.1 Å². The summed E-state index contributed by atoms with van der Waals surface area (Å²) in [7, 11) is 0. The van der Waals surface area contributed by atoms with E-state index in [1.54, 1.807) is 18.2 Å². The van der Waals surface area contributed by atoms with Crippen molar-refractivity contribution in [1.82, 2.24) is 4.98 Å². The molecule has 1 aromatic heterocycles. The zero-order chi connectivity index (χ0) is 14.3. The molecular formula is C13H8F3N3O. The number of rotatable bonds is 2. The molecule has 0 aliphatic rings. The molecule has 3 rings (SSSR count). The van der Waals surface area contributed by atoms with Crippen LogP contribution in [0.2, 0.25) is 0 Å². The molecule has 4 nitrogen and oxygen atoms in total. The lowest BCUT2D eigenvalue weighted by atomic mass is 10.3. The number of aromatic nitrogens is 1. The van der Waals surface area contributed by atoms with Crippen molar-refractivity contribution in [2.24, 2.45) is 0 Å². The number of hydrogen-bond acceptors (Lipinski definition) is 4. The molecular weight excluding hydrogens is 271 g/mol. The SMILES string of the molecule is Nc1cccc2oc(Nc3cc(F)c(F)cc3F)nc12. The van der Waals surface area contributed by atoms with Crippen molar-refractivity contribution in [1.29, 1.82) is 0 Å². The maximum Gasteiger partial charge on any atom is 0.300 e. The number of nitrogens with zero attached hydrogens (tertiary/aromatic N) is 1. The van der Waals surface area contributed by atoms with Crippen molar-refractivity contribution in [3.8, 4) is 0 Å². The van der Waals surface area contributed by atoms with Crippen molar-refractivity contribution in [2.75, 3.05) is 11.1 Å². The van der Waals surface area contributed by atoms with E-state index in [4.69, 9.17) is 10.2 Å². The van der Waals surface area contributed by atoms with Crippen LogP contribution in [0.5, 0.6) is 0 Å². The van der Waals surface area contributed by atoms with Gasteiger partial charge in [0.1, 0.15) is 11.3 Å². The molecule has 0 unspecified atom stereocenters. The van der Waals surface area contributed by atoms with Gasteiger partial charge in [-0.3, -0.25) is 0 Å². The van der Waals surface area contributed by atoms with Gasteiger partial charge < -0.3 is 15.5 Å². The first kappa shape index (κ1) is 12.3. The average Bonchev–Trinajstić information content (AvgIpc) is 2.80. The predicted octanol–water partition coefficient (Wildman–Crippen LogP) is 3.57. The van der Waals surface area contributed by atoms with Gasteiger partial charge >= 0.3 is 0 Å². The Morgan fingerprint density at radius 2 is 1.80 bits per heavy atom. The third-order valence-electron chi connectivity index (χ3n) is 2.70. The first-order valence-electron chi connectivity index (χ1n) is 5.61. The van der Waals surface area contributed by atoms with Crippen LogP contribution in [-0.2, 0) is 0 Å². The van der Waals surface area contributed by atoms with Crippen LogP contribution in [0.3, 0.4) is 0 Å². The summed E-state index contributed by atoms with van der Waals surface area (Å²) < 4.78 is 44.7. The van der Waals surface area contributed by atoms with Crippen molar-refractivity contribution in [3.05, 3.63) is 47.8 Å². The molecule has 0 aliphatic carbocycles. The number of hydrogen-bond donors (Lipinski definition) is 2. The van der Waals surface area contributed by atoms with Crippen LogP contribution in [0, 0.1) is 17.5 Å². The molecule has 0 radical (unpaired) electrons. The van der Waals surface area contributed by atoms with Gasteiger partial charge in [-0.2, -0.15) is 4.98 Å². The Morgan fingerprint density at radius 1 is 1.05 bits per heavy atom. The second kappa shape index (κ2) is 4.44. The Morgan fingerprint density at radius 3 is 2.55 bits per heavy atom. The lowest BCUT2D eigenvalue weighted by Gasteiger charge is -2.03. The normalized spacial score (nSPS) is 10.9. The summed E-state index contributed by atoms with van der Waals surface area (Å²) in [5.74, 6) is -3.40. The summed E-state index contributed by atoms with van der Waals surface area (Å²) in [5.41, 5.74) is 6.61. The van der Waals surface area contributed by atoms with E-state index in [2.05, 4.69) is 10.3 Å². The van der Waals surface area contributed by atoms with Crippen LogP contribution in [0.15, 0.2) is 34.7 Å². The molecule has 0 spiro atoms. The van der Waals surface area contributed by atoms with E-state index in [9.17, 15) is 13.2 Å². The van der Waals surface area contributed by atoms with E-state index in [1.165, 1.54) is 0 Å². The van der Waals surface area contributed by atoms with Crippen LogP contribution in [0.1, 0.15) is 0 Å². The summed E-state index contributed by atoms with van der Waals surface area (Å²) in [6.07, 6.45) is 0. The predicted molar refractivity (Wildman–Crippen MR) is 68.0 cm³/mol. The summed E-state index contributed by atoms with van der Waals surface area (Å²) in [6, 6.07) is 5.99. The van der Waals surface area contributed by atoms with Crippen LogP contribution in [0.4, 0.5) is 30.6 Å². The number of nitrogens with two attached hydrogens (primary N) is 1. The summed E-state index contributed by atoms with van der Waals surface area (Å²) in [6.45, 7) is 0. The van der Waals surface area contributed by atoms with Gasteiger partial charge in [0.15, 0.2) is 17.2 Å². The highest BCUT2D eigenvalue weighted by molar-refractivity contribution is 5.86. The van der Waals surface area contributed by atoms with E-state index >= 15 is 0 Å². The number of nitrogens with one attached hydrogen (secondary N) is 1. The van der Waals surface area contributed by atoms with Gasteiger partial charge in [0, 0.05) is 12.1 Å². The van der Waals surface area contributed by atoms with Crippen LogP contribution in [0.25, 0.3) is 11.1 Å². The van der Waals surface area contributed by atoms with Crippen molar-refractivity contribution in [2.45, 2.75) is 0 Å². The number of oxazole rings is 1. The van der Waals surface area contributed by atoms with E-state index in [0.29, 0.717) is 28.9 Å². The largest absolute Gasteiger partial charge is 0.423 e. The number of para-hydroxylation sites is 1. The van der Waals surface area contributed by atoms with Crippen LogP contribution in [-0.4, -0.2) is 4.98 Å². The Labute approximate surface area is 111 Å². The molecule has 1 heterocycles. The molecule has 0 atom stereocenters. The molecule has 0 fully saturated rings. The summed E-state index contributed by atoms with van der Waals surface area (Å²) >= 11 is 0. The van der Waals surface area contributed by atoms with Gasteiger partial charge in [0.25, 0.3) is 6.01 Å².